The van der Waals surface area contributed by atoms with E-state index in [9.17, 15) is 0 Å². The second-order valence-electron chi connectivity index (χ2n) is 17.5. The molecule has 324 valence electrons. The van der Waals surface area contributed by atoms with Crippen molar-refractivity contribution in [1.29, 1.82) is 0 Å². The van der Waals surface area contributed by atoms with Crippen LogP contribution in [0.4, 0.5) is 0 Å². The zero-order valence-corrected chi connectivity index (χ0v) is 38.4. The molecule has 0 fully saturated rings. The molecule has 0 saturated carbocycles. The minimum Gasteiger partial charge on any atom is -0.455 e. The van der Waals surface area contributed by atoms with E-state index in [1.165, 1.54) is 31.5 Å². The number of rotatable bonds is 9. The van der Waals surface area contributed by atoms with E-state index in [1.807, 2.05) is 12.1 Å². The van der Waals surface area contributed by atoms with Gasteiger partial charge in [-0.25, -0.2) is 15.0 Å². The van der Waals surface area contributed by atoms with Gasteiger partial charge in [0.1, 0.15) is 11.2 Å². The molecule has 13 aromatic rings. The van der Waals surface area contributed by atoms with E-state index < -0.39 is 8.07 Å². The van der Waals surface area contributed by atoms with Crippen LogP contribution in [0.1, 0.15) is 0 Å². The molecule has 3 heterocycles. The van der Waals surface area contributed by atoms with Crippen LogP contribution in [0.25, 0.3) is 94.7 Å². The van der Waals surface area contributed by atoms with Crippen LogP contribution >= 0.6 is 0 Å². The van der Waals surface area contributed by atoms with Gasteiger partial charge in [0.05, 0.1) is 11.0 Å². The summed E-state index contributed by atoms with van der Waals surface area (Å²) in [5.41, 5.74) is 9.62. The molecule has 0 aliphatic rings. The van der Waals surface area contributed by atoms with Crippen molar-refractivity contribution >= 4 is 72.6 Å². The average molecular weight is 899 g/mol. The first-order chi connectivity index (χ1) is 34.2. The van der Waals surface area contributed by atoms with Gasteiger partial charge in [-0.05, 0) is 56.6 Å². The summed E-state index contributed by atoms with van der Waals surface area (Å²) in [5.74, 6) is 1.75. The summed E-state index contributed by atoms with van der Waals surface area (Å²) in [7, 11) is -2.77. The SMILES string of the molecule is c1ccc([Si](c2ccccc2)(c2ccccc2)c2ccc(-c3nc(-c4cccc(-n5c6ccccc6c6ccccc65)c4)nc(-c4ccccc4-c4cccc5c4oc4ccccc45)n3)cc2)cc1. The fourth-order valence-corrected chi connectivity index (χ4v) is 15.3. The third kappa shape index (κ3) is 6.72. The van der Waals surface area contributed by atoms with Crippen molar-refractivity contribution in [3.63, 3.8) is 0 Å². The van der Waals surface area contributed by atoms with Crippen molar-refractivity contribution in [3.05, 3.63) is 255 Å². The minimum atomic E-state index is -2.77. The van der Waals surface area contributed by atoms with Crippen molar-refractivity contribution in [2.45, 2.75) is 0 Å². The molecule has 0 radical (unpaired) electrons. The lowest BCUT2D eigenvalue weighted by Gasteiger charge is -2.34. The molecule has 0 atom stereocenters. The van der Waals surface area contributed by atoms with E-state index in [-0.39, 0.29) is 0 Å². The van der Waals surface area contributed by atoms with Crippen LogP contribution in [0, 0.1) is 0 Å². The van der Waals surface area contributed by atoms with E-state index in [0.717, 1.165) is 66.5 Å². The van der Waals surface area contributed by atoms with E-state index in [0.29, 0.717) is 17.5 Å². The maximum Gasteiger partial charge on any atom is 0.179 e. The van der Waals surface area contributed by atoms with Gasteiger partial charge in [-0.15, -0.1) is 0 Å². The largest absolute Gasteiger partial charge is 0.455 e. The molecule has 69 heavy (non-hydrogen) atoms. The third-order valence-corrected chi connectivity index (χ3v) is 18.4. The summed E-state index contributed by atoms with van der Waals surface area (Å²) in [6, 6.07) is 90.7. The lowest BCUT2D eigenvalue weighted by molar-refractivity contribution is 0.670. The first-order valence-corrected chi connectivity index (χ1v) is 25.3. The van der Waals surface area contributed by atoms with Crippen LogP contribution in [0.2, 0.25) is 0 Å². The topological polar surface area (TPSA) is 56.7 Å². The molecule has 0 unspecified atom stereocenters. The Kier molecular flexibility index (Phi) is 9.77. The standard InChI is InChI=1S/C63H42N4OSi/c1-4-22-46(23-5-1)69(47-24-6-2-7-25-47,48-26-8-3-9-27-48)49-40-38-43(39-41-49)61-64-62(44-20-18-21-45(42-44)67-57-35-15-12-29-51(57)52-30-13-16-36-58(52)67)66-63(65-61)56-32-11-10-28-50(56)54-33-19-34-55-53-31-14-17-37-59(53)68-60(54)55/h1-42H. The first-order valence-electron chi connectivity index (χ1n) is 23.3. The van der Waals surface area contributed by atoms with Crippen LogP contribution in [0.5, 0.6) is 0 Å². The van der Waals surface area contributed by atoms with E-state index >= 15 is 0 Å². The molecule has 5 nitrogen and oxygen atoms in total. The van der Waals surface area contributed by atoms with Gasteiger partial charge in [-0.3, -0.25) is 0 Å². The van der Waals surface area contributed by atoms with Crippen molar-refractivity contribution in [1.82, 2.24) is 19.5 Å². The van der Waals surface area contributed by atoms with Crippen LogP contribution in [0.3, 0.4) is 0 Å². The van der Waals surface area contributed by atoms with Gasteiger partial charge in [0.25, 0.3) is 0 Å². The van der Waals surface area contributed by atoms with Gasteiger partial charge in [-0.1, -0.05) is 224 Å². The molecule has 6 heteroatoms. The summed E-state index contributed by atoms with van der Waals surface area (Å²) in [4.78, 5) is 16.1. The molecule has 13 rings (SSSR count). The van der Waals surface area contributed by atoms with Crippen molar-refractivity contribution < 1.29 is 4.42 Å². The number of nitrogens with zero attached hydrogens (tertiary/aromatic N) is 4. The number of benzene rings is 10. The van der Waals surface area contributed by atoms with Crippen LogP contribution in [-0.2, 0) is 0 Å². The highest BCUT2D eigenvalue weighted by Gasteiger charge is 2.41. The predicted octanol–water partition coefficient (Wildman–Crippen LogP) is 12.9. The minimum absolute atomic E-state index is 0.576. The Bertz CT molecular complexity index is 3860. The molecule has 0 N–H and O–H groups in total. The van der Waals surface area contributed by atoms with Crippen molar-refractivity contribution in [2.75, 3.05) is 0 Å². The summed E-state index contributed by atoms with van der Waals surface area (Å²) in [6.45, 7) is 0. The van der Waals surface area contributed by atoms with Gasteiger partial charge >= 0.3 is 0 Å². The normalized spacial score (nSPS) is 11.8. The monoisotopic (exact) mass is 898 g/mol. The van der Waals surface area contributed by atoms with Gasteiger partial charge in [-0.2, -0.15) is 0 Å². The van der Waals surface area contributed by atoms with Gasteiger partial charge in [0, 0.05) is 49.5 Å². The first kappa shape index (κ1) is 40.3. The molecular formula is C63H42N4OSi. The lowest BCUT2D eigenvalue weighted by Crippen LogP contribution is -2.74. The molecule has 0 spiro atoms. The summed E-state index contributed by atoms with van der Waals surface area (Å²) in [5, 5.41) is 9.80. The number of hydrogen-bond acceptors (Lipinski definition) is 4. The molecule has 0 aliphatic heterocycles. The molecule has 0 saturated heterocycles. The number of fused-ring (bicyclic) bond motifs is 6. The number of hydrogen-bond donors (Lipinski definition) is 0. The fourth-order valence-electron chi connectivity index (χ4n) is 10.5. The van der Waals surface area contributed by atoms with Gasteiger partial charge in [0.15, 0.2) is 25.5 Å². The Balaban J connectivity index is 1.01. The second kappa shape index (κ2) is 16.7. The maximum absolute atomic E-state index is 6.61. The zero-order chi connectivity index (χ0) is 45.7. The van der Waals surface area contributed by atoms with Crippen LogP contribution < -0.4 is 20.7 Å². The fraction of sp³-hybridized carbons (Fsp3) is 0. The van der Waals surface area contributed by atoms with Crippen LogP contribution in [-0.4, -0.2) is 27.6 Å². The molecule has 0 amide bonds. The maximum atomic E-state index is 6.61. The second-order valence-corrected chi connectivity index (χ2v) is 21.3. The highest BCUT2D eigenvalue weighted by molar-refractivity contribution is 7.19. The summed E-state index contributed by atoms with van der Waals surface area (Å²) in [6.07, 6.45) is 0. The summed E-state index contributed by atoms with van der Waals surface area (Å²) < 4.78 is 8.94. The van der Waals surface area contributed by atoms with Crippen molar-refractivity contribution in [2.24, 2.45) is 0 Å². The Morgan fingerprint density at radius 1 is 0.319 bits per heavy atom. The Labute approximate surface area is 400 Å². The summed E-state index contributed by atoms with van der Waals surface area (Å²) >= 11 is 0. The third-order valence-electron chi connectivity index (χ3n) is 13.6. The predicted molar refractivity (Wildman–Crippen MR) is 287 cm³/mol. The lowest BCUT2D eigenvalue weighted by atomic mass is 9.97. The van der Waals surface area contributed by atoms with Gasteiger partial charge in [0.2, 0.25) is 0 Å². The van der Waals surface area contributed by atoms with E-state index in [1.54, 1.807) is 0 Å². The zero-order valence-electron chi connectivity index (χ0n) is 37.4. The van der Waals surface area contributed by atoms with E-state index in [2.05, 4.69) is 247 Å². The molecule has 10 aromatic carbocycles. The Hall–Kier alpha value is -8.97. The number of para-hydroxylation sites is 4. The highest BCUT2D eigenvalue weighted by Crippen LogP contribution is 2.40. The molecule has 0 bridgehead atoms. The number of furan rings is 1. The molecular weight excluding hydrogens is 857 g/mol. The van der Waals surface area contributed by atoms with E-state index in [4.69, 9.17) is 19.4 Å². The van der Waals surface area contributed by atoms with Crippen molar-refractivity contribution in [3.8, 4) is 51.0 Å². The average Bonchev–Trinajstić information content (AvgIpc) is 3.98. The Morgan fingerprint density at radius 3 is 1.42 bits per heavy atom. The van der Waals surface area contributed by atoms with Crippen LogP contribution in [0.15, 0.2) is 259 Å². The van der Waals surface area contributed by atoms with Gasteiger partial charge < -0.3 is 8.98 Å². The Morgan fingerprint density at radius 2 is 0.783 bits per heavy atom. The smallest absolute Gasteiger partial charge is 0.179 e. The highest BCUT2D eigenvalue weighted by atomic mass is 28.3. The number of aromatic nitrogens is 4. The molecule has 3 aromatic heterocycles. The quantitative estimate of drug-likeness (QED) is 0.107. The molecule has 0 aliphatic carbocycles.